The Morgan fingerprint density at radius 3 is 3.20 bits per heavy atom. The Morgan fingerprint density at radius 1 is 1.60 bits per heavy atom. The molecule has 0 radical (unpaired) electrons. The third-order valence-corrected chi connectivity index (χ3v) is 4.89. The first-order valence-corrected chi connectivity index (χ1v) is 7.92. The van der Waals surface area contributed by atoms with Gasteiger partial charge in [0.2, 0.25) is 5.91 Å². The maximum absolute atomic E-state index is 12.0. The maximum Gasteiger partial charge on any atom is 0.254 e. The number of anilines is 1. The van der Waals surface area contributed by atoms with Crippen LogP contribution in [-0.2, 0) is 4.79 Å². The lowest BCUT2D eigenvalue weighted by Gasteiger charge is -2.11. The smallest absolute Gasteiger partial charge is 0.254 e. The molecule has 1 aliphatic heterocycles. The van der Waals surface area contributed by atoms with Crippen molar-refractivity contribution in [2.45, 2.75) is 24.5 Å². The second-order valence-corrected chi connectivity index (χ2v) is 6.29. The van der Waals surface area contributed by atoms with E-state index in [1.165, 1.54) is 35.4 Å². The van der Waals surface area contributed by atoms with Gasteiger partial charge in [-0.3, -0.25) is 14.2 Å². The minimum atomic E-state index is -0.141. The number of thioether (sulfide) groups is 1. The molecule has 1 aliphatic rings. The van der Waals surface area contributed by atoms with Crippen LogP contribution in [0.1, 0.15) is 18.2 Å². The average Bonchev–Trinajstić information content (AvgIpc) is 2.97. The molecular weight excluding hydrogens is 296 g/mol. The normalized spacial score (nSPS) is 16.9. The molecule has 0 saturated carbocycles. The van der Waals surface area contributed by atoms with Gasteiger partial charge in [0, 0.05) is 29.8 Å². The van der Waals surface area contributed by atoms with Gasteiger partial charge in [-0.25, -0.2) is 9.97 Å². The lowest BCUT2D eigenvalue weighted by atomic mass is 10.2. The molecule has 3 heterocycles. The topological polar surface area (TPSA) is 76.9 Å². The van der Waals surface area contributed by atoms with Crippen LogP contribution in [0.4, 0.5) is 5.13 Å². The third-order valence-electron chi connectivity index (χ3n) is 2.90. The van der Waals surface area contributed by atoms with Crippen molar-refractivity contribution >= 4 is 34.1 Å². The number of carbonyl (C=O) groups is 1. The molecule has 0 aromatic carbocycles. The zero-order valence-corrected chi connectivity index (χ0v) is 12.3. The molecule has 8 heteroatoms. The molecule has 1 atom stereocenters. The summed E-state index contributed by atoms with van der Waals surface area (Å²) in [7, 11) is 0. The zero-order valence-electron chi connectivity index (χ0n) is 10.7. The Kier molecular flexibility index (Phi) is 3.58. The predicted molar refractivity (Wildman–Crippen MR) is 78.4 cm³/mol. The Morgan fingerprint density at radius 2 is 2.45 bits per heavy atom. The fourth-order valence-corrected chi connectivity index (χ4v) is 3.86. The molecule has 20 heavy (non-hydrogen) atoms. The second kappa shape index (κ2) is 5.37. The third kappa shape index (κ3) is 2.61. The van der Waals surface area contributed by atoms with Crippen LogP contribution in [0.25, 0.3) is 0 Å². The van der Waals surface area contributed by atoms with Crippen molar-refractivity contribution in [1.29, 1.82) is 0 Å². The van der Waals surface area contributed by atoms with Gasteiger partial charge < -0.3 is 5.32 Å². The van der Waals surface area contributed by atoms with E-state index in [1.54, 1.807) is 4.57 Å². The van der Waals surface area contributed by atoms with Crippen LogP contribution in [0.2, 0.25) is 0 Å². The van der Waals surface area contributed by atoms with Crippen LogP contribution in [0.5, 0.6) is 0 Å². The van der Waals surface area contributed by atoms with E-state index in [-0.39, 0.29) is 23.9 Å². The number of hydrogen-bond donors (Lipinski definition) is 1. The number of rotatable bonds is 3. The first kappa shape index (κ1) is 13.3. The molecule has 104 valence electrons. The van der Waals surface area contributed by atoms with Gasteiger partial charge in [-0.1, -0.05) is 11.8 Å². The number of amides is 1. The molecule has 0 aliphatic carbocycles. The van der Waals surface area contributed by atoms with E-state index in [2.05, 4.69) is 15.3 Å². The van der Waals surface area contributed by atoms with E-state index in [9.17, 15) is 9.59 Å². The van der Waals surface area contributed by atoms with Crippen LogP contribution in [0, 0.1) is 6.92 Å². The number of aromatic nitrogens is 3. The van der Waals surface area contributed by atoms with E-state index < -0.39 is 0 Å². The summed E-state index contributed by atoms with van der Waals surface area (Å²) in [6.07, 6.45) is 1.76. The quantitative estimate of drug-likeness (QED) is 0.873. The summed E-state index contributed by atoms with van der Waals surface area (Å²) in [6.45, 7) is 1.88. The van der Waals surface area contributed by atoms with E-state index in [0.29, 0.717) is 16.0 Å². The van der Waals surface area contributed by atoms with Gasteiger partial charge in [-0.2, -0.15) is 0 Å². The molecule has 2 aromatic heterocycles. The van der Waals surface area contributed by atoms with Crippen LogP contribution in [0.15, 0.2) is 27.6 Å². The van der Waals surface area contributed by atoms with Crippen molar-refractivity contribution in [2.24, 2.45) is 0 Å². The van der Waals surface area contributed by atoms with Gasteiger partial charge in [0.1, 0.15) is 0 Å². The summed E-state index contributed by atoms with van der Waals surface area (Å²) >= 11 is 2.90. The lowest BCUT2D eigenvalue weighted by Crippen LogP contribution is -2.26. The Bertz CT molecular complexity index is 709. The largest absolute Gasteiger partial charge is 0.302 e. The number of aryl methyl sites for hydroxylation is 1. The fraction of sp³-hybridized carbons (Fsp3) is 0.333. The number of fused-ring (bicyclic) bond motifs is 1. The summed E-state index contributed by atoms with van der Waals surface area (Å²) in [5, 5.41) is 5.92. The summed E-state index contributed by atoms with van der Waals surface area (Å²) in [6, 6.07) is 1.28. The molecule has 3 rings (SSSR count). The fourth-order valence-electron chi connectivity index (χ4n) is 2.04. The molecule has 1 amide bonds. The Labute approximate surface area is 123 Å². The molecule has 0 bridgehead atoms. The van der Waals surface area contributed by atoms with Crippen LogP contribution in [-0.4, -0.2) is 26.2 Å². The molecule has 0 unspecified atom stereocenters. The number of hydrogen-bond acceptors (Lipinski definition) is 6. The van der Waals surface area contributed by atoms with Crippen LogP contribution < -0.4 is 10.9 Å². The Balaban J connectivity index is 1.71. The highest BCUT2D eigenvalue weighted by atomic mass is 32.2. The summed E-state index contributed by atoms with van der Waals surface area (Å²) < 4.78 is 1.59. The van der Waals surface area contributed by atoms with E-state index in [0.717, 1.165) is 5.69 Å². The number of thiazole rings is 1. The maximum atomic E-state index is 12.0. The molecule has 0 spiro atoms. The summed E-state index contributed by atoms with van der Waals surface area (Å²) in [5.74, 6) is 0.560. The van der Waals surface area contributed by atoms with Crippen molar-refractivity contribution in [3.8, 4) is 0 Å². The zero-order chi connectivity index (χ0) is 14.1. The summed E-state index contributed by atoms with van der Waals surface area (Å²) in [5.41, 5.74) is 0.774. The lowest BCUT2D eigenvalue weighted by molar-refractivity contribution is -0.116. The SMILES string of the molecule is Cc1csc(NC(=O)C[C@H]2CSc3nccc(=O)n32)n1. The highest BCUT2D eigenvalue weighted by Crippen LogP contribution is 2.31. The van der Waals surface area contributed by atoms with Gasteiger partial charge in [0.15, 0.2) is 10.3 Å². The second-order valence-electron chi connectivity index (χ2n) is 4.45. The van der Waals surface area contributed by atoms with Crippen LogP contribution in [0.3, 0.4) is 0 Å². The monoisotopic (exact) mass is 308 g/mol. The highest BCUT2D eigenvalue weighted by Gasteiger charge is 2.26. The van der Waals surface area contributed by atoms with E-state index >= 15 is 0 Å². The predicted octanol–water partition coefficient (Wildman–Crippen LogP) is 1.68. The number of carbonyl (C=O) groups excluding carboxylic acids is 1. The number of nitrogens with zero attached hydrogens (tertiary/aromatic N) is 3. The first-order chi connectivity index (χ1) is 9.63. The summed E-state index contributed by atoms with van der Waals surface area (Å²) in [4.78, 5) is 32.2. The van der Waals surface area contributed by atoms with Crippen molar-refractivity contribution in [3.63, 3.8) is 0 Å². The first-order valence-electron chi connectivity index (χ1n) is 6.06. The molecule has 0 fully saturated rings. The standard InChI is InChI=1S/C12H12N4O2S2/c1-7-5-19-11(14-7)15-9(17)4-8-6-20-12-13-3-2-10(18)16(8)12/h2-3,5,8H,4,6H2,1H3,(H,14,15,17)/t8-/m0/s1. The molecule has 2 aromatic rings. The molecule has 1 N–H and O–H groups in total. The minimum absolute atomic E-state index is 0.108. The van der Waals surface area contributed by atoms with E-state index in [1.807, 2.05) is 12.3 Å². The average molecular weight is 308 g/mol. The van der Waals surface area contributed by atoms with Crippen molar-refractivity contribution in [2.75, 3.05) is 11.1 Å². The number of nitrogens with one attached hydrogen (secondary N) is 1. The van der Waals surface area contributed by atoms with Crippen molar-refractivity contribution in [1.82, 2.24) is 14.5 Å². The Hall–Kier alpha value is -1.67. The van der Waals surface area contributed by atoms with Gasteiger partial charge in [-0.15, -0.1) is 11.3 Å². The molecular formula is C12H12N4O2S2. The van der Waals surface area contributed by atoms with E-state index in [4.69, 9.17) is 0 Å². The van der Waals surface area contributed by atoms with Gasteiger partial charge in [0.25, 0.3) is 5.56 Å². The molecule has 0 saturated heterocycles. The van der Waals surface area contributed by atoms with Gasteiger partial charge in [-0.05, 0) is 6.92 Å². The van der Waals surface area contributed by atoms with Crippen LogP contribution >= 0.6 is 23.1 Å². The van der Waals surface area contributed by atoms with Crippen molar-refractivity contribution < 1.29 is 4.79 Å². The van der Waals surface area contributed by atoms with Gasteiger partial charge in [0.05, 0.1) is 11.7 Å². The van der Waals surface area contributed by atoms with Gasteiger partial charge >= 0.3 is 0 Å². The molecule has 6 nitrogen and oxygen atoms in total. The van der Waals surface area contributed by atoms with Crippen molar-refractivity contribution in [3.05, 3.63) is 33.7 Å². The minimum Gasteiger partial charge on any atom is -0.302 e. The highest BCUT2D eigenvalue weighted by molar-refractivity contribution is 7.99.